The smallest absolute Gasteiger partial charge is 0.383 e. The first kappa shape index (κ1) is 18.5. The molecule has 0 aromatic rings. The SMILES string of the molecule is COCCN1CC2(CCC1=O)CCN(CC(O)C(F)(F)F)CC2. The molecule has 1 unspecified atom stereocenters. The number of methoxy groups -OCH3 is 1. The maximum atomic E-state index is 12.4. The molecule has 0 bridgehead atoms. The highest BCUT2D eigenvalue weighted by Gasteiger charge is 2.43. The van der Waals surface area contributed by atoms with Crippen molar-refractivity contribution >= 4 is 5.91 Å². The molecule has 8 heteroatoms. The number of alkyl halides is 3. The number of hydrogen-bond acceptors (Lipinski definition) is 4. The van der Waals surface area contributed by atoms with Gasteiger partial charge in [0.15, 0.2) is 6.10 Å². The van der Waals surface area contributed by atoms with Crippen molar-refractivity contribution in [1.29, 1.82) is 0 Å². The van der Waals surface area contributed by atoms with Crippen molar-refractivity contribution in [2.75, 3.05) is 46.4 Å². The number of rotatable bonds is 5. The number of amides is 1. The molecule has 0 saturated carbocycles. The molecule has 0 aromatic carbocycles. The molecule has 2 heterocycles. The van der Waals surface area contributed by atoms with Gasteiger partial charge in [0.1, 0.15) is 0 Å². The van der Waals surface area contributed by atoms with E-state index in [9.17, 15) is 23.1 Å². The van der Waals surface area contributed by atoms with Crippen molar-refractivity contribution in [2.45, 2.75) is 38.0 Å². The Hall–Kier alpha value is -0.860. The molecule has 1 atom stereocenters. The van der Waals surface area contributed by atoms with Crippen LogP contribution in [0.5, 0.6) is 0 Å². The third-order valence-electron chi connectivity index (χ3n) is 5.04. The van der Waals surface area contributed by atoms with Gasteiger partial charge in [-0.25, -0.2) is 0 Å². The second kappa shape index (κ2) is 7.36. The summed E-state index contributed by atoms with van der Waals surface area (Å²) in [6.45, 7) is 2.40. The van der Waals surface area contributed by atoms with Gasteiger partial charge in [0, 0.05) is 33.2 Å². The minimum Gasteiger partial charge on any atom is -0.383 e. The molecule has 1 spiro atoms. The van der Waals surface area contributed by atoms with E-state index in [0.29, 0.717) is 39.2 Å². The zero-order valence-electron chi connectivity index (χ0n) is 13.4. The van der Waals surface area contributed by atoms with E-state index in [1.807, 2.05) is 4.90 Å². The van der Waals surface area contributed by atoms with E-state index in [4.69, 9.17) is 4.74 Å². The summed E-state index contributed by atoms with van der Waals surface area (Å²) < 4.78 is 42.3. The van der Waals surface area contributed by atoms with Crippen LogP contribution < -0.4 is 0 Å². The molecular weight excluding hydrogens is 313 g/mol. The fraction of sp³-hybridized carbons (Fsp3) is 0.933. The maximum Gasteiger partial charge on any atom is 0.415 e. The van der Waals surface area contributed by atoms with Crippen LogP contribution in [0, 0.1) is 5.41 Å². The van der Waals surface area contributed by atoms with Gasteiger partial charge in [0.2, 0.25) is 5.91 Å². The summed E-state index contributed by atoms with van der Waals surface area (Å²) in [4.78, 5) is 15.4. The monoisotopic (exact) mass is 338 g/mol. The van der Waals surface area contributed by atoms with Gasteiger partial charge < -0.3 is 19.6 Å². The Balaban J connectivity index is 1.86. The minimum atomic E-state index is -4.57. The van der Waals surface area contributed by atoms with Crippen molar-refractivity contribution in [3.8, 4) is 0 Å². The second-order valence-corrected chi connectivity index (χ2v) is 6.67. The van der Waals surface area contributed by atoms with Gasteiger partial charge in [-0.15, -0.1) is 0 Å². The summed E-state index contributed by atoms with van der Waals surface area (Å²) in [6.07, 6.45) is -4.05. The van der Waals surface area contributed by atoms with Gasteiger partial charge >= 0.3 is 6.18 Å². The largest absolute Gasteiger partial charge is 0.415 e. The van der Waals surface area contributed by atoms with Gasteiger partial charge in [-0.05, 0) is 37.8 Å². The molecule has 5 nitrogen and oxygen atoms in total. The first-order chi connectivity index (χ1) is 10.8. The number of halogens is 3. The predicted molar refractivity (Wildman–Crippen MR) is 77.9 cm³/mol. The molecule has 0 radical (unpaired) electrons. The molecule has 134 valence electrons. The Bertz CT molecular complexity index is 409. The third kappa shape index (κ3) is 4.81. The first-order valence-electron chi connectivity index (χ1n) is 8.00. The number of nitrogens with zero attached hydrogens (tertiary/aromatic N) is 2. The summed E-state index contributed by atoms with van der Waals surface area (Å²) in [6, 6.07) is 0. The van der Waals surface area contributed by atoms with E-state index >= 15 is 0 Å². The summed E-state index contributed by atoms with van der Waals surface area (Å²) in [5, 5.41) is 9.18. The number of aliphatic hydroxyl groups excluding tert-OH is 1. The van der Waals surface area contributed by atoms with Crippen molar-refractivity contribution in [2.24, 2.45) is 5.41 Å². The summed E-state index contributed by atoms with van der Waals surface area (Å²) >= 11 is 0. The molecule has 2 saturated heterocycles. The summed E-state index contributed by atoms with van der Waals surface area (Å²) in [5.74, 6) is 0.127. The van der Waals surface area contributed by atoms with E-state index in [1.165, 1.54) is 0 Å². The average Bonchev–Trinajstić information content (AvgIpc) is 2.50. The zero-order valence-corrected chi connectivity index (χ0v) is 13.4. The molecule has 0 aromatic heterocycles. The van der Waals surface area contributed by atoms with Gasteiger partial charge in [-0.3, -0.25) is 4.79 Å². The number of likely N-dealkylation sites (tertiary alicyclic amines) is 2. The summed E-state index contributed by atoms with van der Waals surface area (Å²) in [7, 11) is 1.59. The fourth-order valence-corrected chi connectivity index (χ4v) is 3.47. The lowest BCUT2D eigenvalue weighted by Crippen LogP contribution is -2.53. The number of piperidine rings is 2. The van der Waals surface area contributed by atoms with Crippen LogP contribution in [0.4, 0.5) is 13.2 Å². The highest BCUT2D eigenvalue weighted by atomic mass is 19.4. The highest BCUT2D eigenvalue weighted by molar-refractivity contribution is 5.77. The van der Waals surface area contributed by atoms with Crippen LogP contribution in [0.25, 0.3) is 0 Å². The molecule has 1 N–H and O–H groups in total. The van der Waals surface area contributed by atoms with E-state index in [-0.39, 0.29) is 17.9 Å². The minimum absolute atomic E-state index is 0.00133. The lowest BCUT2D eigenvalue weighted by Gasteiger charge is -2.47. The fourth-order valence-electron chi connectivity index (χ4n) is 3.47. The molecule has 23 heavy (non-hydrogen) atoms. The van der Waals surface area contributed by atoms with Crippen LogP contribution in [0.3, 0.4) is 0 Å². The average molecular weight is 338 g/mol. The Morgan fingerprint density at radius 3 is 2.52 bits per heavy atom. The quantitative estimate of drug-likeness (QED) is 0.820. The number of ether oxygens (including phenoxy) is 1. The van der Waals surface area contributed by atoms with Gasteiger partial charge in [-0.1, -0.05) is 0 Å². The van der Waals surface area contributed by atoms with Crippen molar-refractivity contribution in [3.05, 3.63) is 0 Å². The lowest BCUT2D eigenvalue weighted by atomic mass is 9.72. The van der Waals surface area contributed by atoms with E-state index in [2.05, 4.69) is 0 Å². The Kier molecular flexibility index (Phi) is 5.91. The van der Waals surface area contributed by atoms with Gasteiger partial charge in [-0.2, -0.15) is 13.2 Å². The van der Waals surface area contributed by atoms with Crippen LogP contribution >= 0.6 is 0 Å². The molecule has 2 aliphatic heterocycles. The number of carbonyl (C=O) groups excluding carboxylic acids is 1. The maximum absolute atomic E-state index is 12.4. The normalized spacial score (nSPS) is 24.2. The molecule has 2 rings (SSSR count). The lowest BCUT2D eigenvalue weighted by molar-refractivity contribution is -0.209. The van der Waals surface area contributed by atoms with Crippen molar-refractivity contribution in [3.63, 3.8) is 0 Å². The molecule has 2 aliphatic rings. The Morgan fingerprint density at radius 2 is 1.96 bits per heavy atom. The second-order valence-electron chi connectivity index (χ2n) is 6.67. The van der Waals surface area contributed by atoms with Crippen molar-refractivity contribution < 1.29 is 27.8 Å². The molecular formula is C15H25F3N2O3. The van der Waals surface area contributed by atoms with Crippen molar-refractivity contribution in [1.82, 2.24) is 9.80 Å². The molecule has 1 amide bonds. The van der Waals surface area contributed by atoms with Crippen LogP contribution in [0.2, 0.25) is 0 Å². The van der Waals surface area contributed by atoms with E-state index < -0.39 is 12.3 Å². The predicted octanol–water partition coefficient (Wildman–Crippen LogP) is 1.26. The van der Waals surface area contributed by atoms with Crippen LogP contribution in [0.15, 0.2) is 0 Å². The van der Waals surface area contributed by atoms with Gasteiger partial charge in [0.05, 0.1) is 6.61 Å². The molecule has 2 fully saturated rings. The zero-order chi connectivity index (χ0) is 17.1. The third-order valence-corrected chi connectivity index (χ3v) is 5.04. The number of β-amino-alcohol motifs (C(OH)–C–C–N with tert-alkyl or cyclic N) is 1. The highest BCUT2D eigenvalue weighted by Crippen LogP contribution is 2.40. The van der Waals surface area contributed by atoms with Crippen LogP contribution in [-0.2, 0) is 9.53 Å². The first-order valence-corrected chi connectivity index (χ1v) is 8.00. The summed E-state index contributed by atoms with van der Waals surface area (Å²) in [5.41, 5.74) is 0.00133. The number of aliphatic hydroxyl groups is 1. The Labute approximate surface area is 134 Å². The topological polar surface area (TPSA) is 53.0 Å². The van der Waals surface area contributed by atoms with E-state index in [0.717, 1.165) is 19.3 Å². The number of carbonyl (C=O) groups is 1. The van der Waals surface area contributed by atoms with Crippen LogP contribution in [0.1, 0.15) is 25.7 Å². The Morgan fingerprint density at radius 1 is 1.30 bits per heavy atom. The standard InChI is InChI=1S/C15H25F3N2O3/c1-23-9-8-20-11-14(3-2-13(20)22)4-6-19(7-5-14)10-12(21)15(16,17)18/h12,21H,2-11H2,1H3. The van der Waals surface area contributed by atoms with E-state index in [1.54, 1.807) is 12.0 Å². The molecule has 0 aliphatic carbocycles. The number of hydrogen-bond donors (Lipinski definition) is 1. The van der Waals surface area contributed by atoms with Crippen LogP contribution in [-0.4, -0.2) is 79.5 Å². The van der Waals surface area contributed by atoms with Gasteiger partial charge in [0.25, 0.3) is 0 Å².